The molecule has 0 bridgehead atoms. The van der Waals surface area contributed by atoms with Crippen LogP contribution in [-0.2, 0) is 11.3 Å². The summed E-state index contributed by atoms with van der Waals surface area (Å²) in [4.78, 5) is 14.2. The fourth-order valence-corrected chi connectivity index (χ4v) is 3.37. The quantitative estimate of drug-likeness (QED) is 0.928. The Morgan fingerprint density at radius 2 is 1.86 bits per heavy atom. The second kappa shape index (κ2) is 5.74. The van der Waals surface area contributed by atoms with Gasteiger partial charge in [-0.15, -0.1) is 0 Å². The summed E-state index contributed by atoms with van der Waals surface area (Å²) < 4.78 is 5.31. The van der Waals surface area contributed by atoms with E-state index in [0.717, 1.165) is 24.7 Å². The van der Waals surface area contributed by atoms with Gasteiger partial charge in [-0.3, -0.25) is 4.90 Å². The van der Waals surface area contributed by atoms with Gasteiger partial charge in [0, 0.05) is 30.7 Å². The van der Waals surface area contributed by atoms with Gasteiger partial charge in [0.2, 0.25) is 0 Å². The zero-order valence-electron chi connectivity index (χ0n) is 13.3. The molecular weight excluding hydrogens is 300 g/mol. The largest absolute Gasteiger partial charge is 0.444 e. The van der Waals surface area contributed by atoms with E-state index >= 15 is 0 Å². The third-order valence-electron chi connectivity index (χ3n) is 4.27. The minimum absolute atomic E-state index is 0.288. The first-order valence-electron chi connectivity index (χ1n) is 7.78. The molecule has 1 saturated heterocycles. The second-order valence-electron chi connectivity index (χ2n) is 7.32. The Labute approximate surface area is 136 Å². The first kappa shape index (κ1) is 15.6. The van der Waals surface area contributed by atoms with Crippen LogP contribution in [0.2, 0.25) is 5.02 Å². The summed E-state index contributed by atoms with van der Waals surface area (Å²) in [5.74, 6) is 1.14. The molecule has 1 unspecified atom stereocenters. The Morgan fingerprint density at radius 3 is 2.41 bits per heavy atom. The first-order valence-corrected chi connectivity index (χ1v) is 8.16. The normalized spacial score (nSPS) is 27.4. The molecule has 2 aliphatic rings. The molecule has 1 amide bonds. The van der Waals surface area contributed by atoms with Crippen LogP contribution in [0.5, 0.6) is 0 Å². The molecule has 1 heterocycles. The van der Waals surface area contributed by atoms with E-state index in [1.165, 1.54) is 5.56 Å². The van der Waals surface area contributed by atoms with E-state index in [0.29, 0.717) is 11.8 Å². The number of hydrogen-bond donors (Lipinski definition) is 1. The molecule has 0 aromatic heterocycles. The zero-order valence-corrected chi connectivity index (χ0v) is 14.1. The van der Waals surface area contributed by atoms with E-state index in [1.807, 2.05) is 32.9 Å². The predicted molar refractivity (Wildman–Crippen MR) is 86.9 cm³/mol. The van der Waals surface area contributed by atoms with Gasteiger partial charge in [-0.2, -0.15) is 0 Å². The van der Waals surface area contributed by atoms with Crippen LogP contribution < -0.4 is 5.32 Å². The number of hydrogen-bond acceptors (Lipinski definition) is 3. The average molecular weight is 323 g/mol. The number of carbonyl (C=O) groups is 1. The second-order valence-corrected chi connectivity index (χ2v) is 7.76. The van der Waals surface area contributed by atoms with Gasteiger partial charge < -0.3 is 10.1 Å². The first-order chi connectivity index (χ1) is 10.3. The molecule has 0 radical (unpaired) electrons. The zero-order chi connectivity index (χ0) is 15.9. The Hall–Kier alpha value is -1.26. The van der Waals surface area contributed by atoms with Crippen LogP contribution >= 0.6 is 11.6 Å². The lowest BCUT2D eigenvalue weighted by Crippen LogP contribution is -2.38. The molecule has 4 nitrogen and oxygen atoms in total. The van der Waals surface area contributed by atoms with Crippen LogP contribution in [0.3, 0.4) is 0 Å². The molecule has 120 valence electrons. The number of alkyl carbamates (subject to hydrolysis) is 1. The standard InChI is InChI=1S/C17H23ClN2O2/c1-17(2,3)22-16(21)19-15-13-9-20(10-14(13)15)8-11-4-6-12(18)7-5-11/h4-7,13-15H,8-10H2,1-3H3,(H,19,21)/t13-,14+,15?. The summed E-state index contributed by atoms with van der Waals surface area (Å²) >= 11 is 5.91. The molecular formula is C17H23ClN2O2. The lowest BCUT2D eigenvalue weighted by atomic mass is 10.2. The van der Waals surface area contributed by atoms with E-state index in [1.54, 1.807) is 0 Å². The molecule has 3 atom stereocenters. The van der Waals surface area contributed by atoms with Crippen LogP contribution in [0.4, 0.5) is 4.79 Å². The number of amides is 1. The number of likely N-dealkylation sites (tertiary alicyclic amines) is 1. The summed E-state index contributed by atoms with van der Waals surface area (Å²) in [6, 6.07) is 8.29. The Bertz CT molecular complexity index is 541. The fourth-order valence-electron chi connectivity index (χ4n) is 3.25. The Kier molecular flexibility index (Phi) is 4.08. The van der Waals surface area contributed by atoms with E-state index in [-0.39, 0.29) is 12.1 Å². The Balaban J connectivity index is 1.43. The van der Waals surface area contributed by atoms with Crippen LogP contribution in [-0.4, -0.2) is 35.7 Å². The smallest absolute Gasteiger partial charge is 0.407 e. The molecule has 2 fully saturated rings. The third kappa shape index (κ3) is 3.73. The maximum absolute atomic E-state index is 11.8. The van der Waals surface area contributed by atoms with Crippen LogP contribution in [0.25, 0.3) is 0 Å². The molecule has 1 aromatic carbocycles. The Morgan fingerprint density at radius 1 is 1.27 bits per heavy atom. The van der Waals surface area contributed by atoms with E-state index in [2.05, 4.69) is 22.3 Å². The number of halogens is 1. The van der Waals surface area contributed by atoms with Gasteiger partial charge in [0.1, 0.15) is 5.60 Å². The monoisotopic (exact) mass is 322 g/mol. The highest BCUT2D eigenvalue weighted by molar-refractivity contribution is 6.30. The van der Waals surface area contributed by atoms with Crippen molar-refractivity contribution in [3.8, 4) is 0 Å². The number of carbonyl (C=O) groups excluding carboxylic acids is 1. The fraction of sp³-hybridized carbons (Fsp3) is 0.588. The van der Waals surface area contributed by atoms with Crippen molar-refractivity contribution >= 4 is 17.7 Å². The molecule has 3 rings (SSSR count). The number of nitrogens with zero attached hydrogens (tertiary/aromatic N) is 1. The van der Waals surface area contributed by atoms with Crippen molar-refractivity contribution in [3.05, 3.63) is 34.9 Å². The van der Waals surface area contributed by atoms with Gasteiger partial charge in [0.25, 0.3) is 0 Å². The van der Waals surface area contributed by atoms with Gasteiger partial charge in [0.05, 0.1) is 0 Å². The van der Waals surface area contributed by atoms with Crippen LogP contribution in [0.1, 0.15) is 26.3 Å². The summed E-state index contributed by atoms with van der Waals surface area (Å²) in [6.45, 7) is 8.67. The maximum atomic E-state index is 11.8. The van der Waals surface area contributed by atoms with E-state index in [4.69, 9.17) is 16.3 Å². The maximum Gasteiger partial charge on any atom is 0.407 e. The van der Waals surface area contributed by atoms with Crippen molar-refractivity contribution in [1.29, 1.82) is 0 Å². The van der Waals surface area contributed by atoms with Crippen molar-refractivity contribution in [1.82, 2.24) is 10.2 Å². The number of rotatable bonds is 3. The summed E-state index contributed by atoms with van der Waals surface area (Å²) in [5.41, 5.74) is 0.844. The lowest BCUT2D eigenvalue weighted by Gasteiger charge is -2.22. The highest BCUT2D eigenvalue weighted by atomic mass is 35.5. The minimum atomic E-state index is -0.436. The molecule has 1 saturated carbocycles. The minimum Gasteiger partial charge on any atom is -0.444 e. The molecule has 1 aromatic rings. The van der Waals surface area contributed by atoms with Crippen molar-refractivity contribution in [3.63, 3.8) is 0 Å². The van der Waals surface area contributed by atoms with E-state index < -0.39 is 5.60 Å². The summed E-state index contributed by atoms with van der Waals surface area (Å²) in [5, 5.41) is 3.77. The van der Waals surface area contributed by atoms with Gasteiger partial charge in [-0.25, -0.2) is 4.79 Å². The summed E-state index contributed by atoms with van der Waals surface area (Å²) in [7, 11) is 0. The molecule has 5 heteroatoms. The summed E-state index contributed by atoms with van der Waals surface area (Å²) in [6.07, 6.45) is -0.295. The van der Waals surface area contributed by atoms with Crippen molar-refractivity contribution in [2.45, 2.75) is 39.0 Å². The van der Waals surface area contributed by atoms with Crippen LogP contribution in [0.15, 0.2) is 24.3 Å². The molecule has 22 heavy (non-hydrogen) atoms. The molecule has 1 aliphatic heterocycles. The van der Waals surface area contributed by atoms with Crippen molar-refractivity contribution < 1.29 is 9.53 Å². The van der Waals surface area contributed by atoms with Gasteiger partial charge in [0.15, 0.2) is 0 Å². The number of fused-ring (bicyclic) bond motifs is 1. The number of benzene rings is 1. The highest BCUT2D eigenvalue weighted by Gasteiger charge is 2.56. The highest BCUT2D eigenvalue weighted by Crippen LogP contribution is 2.45. The third-order valence-corrected chi connectivity index (χ3v) is 4.52. The molecule has 0 spiro atoms. The van der Waals surface area contributed by atoms with Crippen molar-refractivity contribution in [2.75, 3.05) is 13.1 Å². The van der Waals surface area contributed by atoms with E-state index in [9.17, 15) is 4.79 Å². The predicted octanol–water partition coefficient (Wildman–Crippen LogP) is 3.29. The topological polar surface area (TPSA) is 41.6 Å². The van der Waals surface area contributed by atoms with Gasteiger partial charge in [-0.05, 0) is 50.3 Å². The SMILES string of the molecule is CC(C)(C)OC(=O)NC1[C@H]2CN(Cc3ccc(Cl)cc3)C[C@@H]12. The number of ether oxygens (including phenoxy) is 1. The van der Waals surface area contributed by atoms with Crippen LogP contribution in [0, 0.1) is 11.8 Å². The number of piperidine rings is 1. The van der Waals surface area contributed by atoms with Gasteiger partial charge >= 0.3 is 6.09 Å². The molecule has 1 N–H and O–H groups in total. The average Bonchev–Trinajstić information content (AvgIpc) is 2.84. The van der Waals surface area contributed by atoms with Gasteiger partial charge in [-0.1, -0.05) is 23.7 Å². The van der Waals surface area contributed by atoms with Crippen molar-refractivity contribution in [2.24, 2.45) is 11.8 Å². The molecule has 1 aliphatic carbocycles. The lowest BCUT2D eigenvalue weighted by molar-refractivity contribution is 0.0513. The number of nitrogens with one attached hydrogen (secondary N) is 1.